The molecule has 0 saturated carbocycles. The molecule has 2 aromatic carbocycles. The number of esters is 1. The molecule has 4 heteroatoms. The molecule has 2 rings (SSSR count). The van der Waals surface area contributed by atoms with Crippen LogP contribution in [0.25, 0.3) is 11.1 Å². The van der Waals surface area contributed by atoms with E-state index < -0.39 is 0 Å². The molecule has 0 aliphatic rings. The van der Waals surface area contributed by atoms with Crippen LogP contribution in [0, 0.1) is 11.3 Å². The number of unbranched alkanes of at least 4 members (excludes halogenated alkanes) is 13. The minimum absolute atomic E-state index is 0.325. The van der Waals surface area contributed by atoms with Gasteiger partial charge in [-0.2, -0.15) is 5.26 Å². The van der Waals surface area contributed by atoms with E-state index >= 15 is 0 Å². The van der Waals surface area contributed by atoms with Gasteiger partial charge in [0.25, 0.3) is 0 Å². The fourth-order valence-corrected chi connectivity index (χ4v) is 4.41. The zero-order valence-corrected chi connectivity index (χ0v) is 22.5. The maximum absolute atomic E-state index is 11.8. The first kappa shape index (κ1) is 29.4. The predicted molar refractivity (Wildman–Crippen MR) is 148 cm³/mol. The van der Waals surface area contributed by atoms with Crippen molar-refractivity contribution in [2.24, 2.45) is 0 Å². The summed E-state index contributed by atoms with van der Waals surface area (Å²) < 4.78 is 11.0. The summed E-state index contributed by atoms with van der Waals surface area (Å²) in [5.74, 6) is 0.313. The second-order valence-electron chi connectivity index (χ2n) is 9.57. The van der Waals surface area contributed by atoms with Gasteiger partial charge in [-0.25, -0.2) is 4.79 Å². The molecule has 0 saturated heterocycles. The zero-order chi connectivity index (χ0) is 25.8. The minimum atomic E-state index is -0.325. The lowest BCUT2D eigenvalue weighted by molar-refractivity contribution is 0.0526. The third-order valence-corrected chi connectivity index (χ3v) is 6.58. The largest absolute Gasteiger partial charge is 0.492 e. The molecule has 0 N–H and O–H groups in total. The number of nitriles is 1. The lowest BCUT2D eigenvalue weighted by atomic mass is 10.0. The Morgan fingerprint density at radius 1 is 0.722 bits per heavy atom. The highest BCUT2D eigenvalue weighted by molar-refractivity contribution is 5.90. The number of hydrogen-bond donors (Lipinski definition) is 0. The van der Waals surface area contributed by atoms with Gasteiger partial charge in [-0.3, -0.25) is 0 Å². The Bertz CT molecular complexity index is 914. The predicted octanol–water partition coefficient (Wildman–Crippen LogP) is 9.26. The van der Waals surface area contributed by atoms with Gasteiger partial charge < -0.3 is 9.47 Å². The Labute approximate surface area is 219 Å². The van der Waals surface area contributed by atoms with Gasteiger partial charge in [0.05, 0.1) is 24.3 Å². The summed E-state index contributed by atoms with van der Waals surface area (Å²) in [7, 11) is 0. The standard InChI is InChI=1S/C32H45NO3/c1-3-5-6-7-8-9-10-11-12-13-14-15-16-17-24-36-31-23-22-29(25-30(31)26-33)27-18-20-28(21-19-27)32(34)35-4-2/h18-23,25H,3-17,24H2,1-2H3. The molecule has 0 aliphatic carbocycles. The maximum Gasteiger partial charge on any atom is 0.338 e. The van der Waals surface area contributed by atoms with Crippen LogP contribution in [-0.4, -0.2) is 19.2 Å². The molecule has 0 amide bonds. The first-order chi connectivity index (χ1) is 17.7. The highest BCUT2D eigenvalue weighted by atomic mass is 16.5. The maximum atomic E-state index is 11.8. The molecule has 0 fully saturated rings. The molecule has 196 valence electrons. The quantitative estimate of drug-likeness (QED) is 0.145. The monoisotopic (exact) mass is 491 g/mol. The van der Waals surface area contributed by atoms with Crippen LogP contribution in [0.2, 0.25) is 0 Å². The summed E-state index contributed by atoms with van der Waals surface area (Å²) in [4.78, 5) is 11.8. The Hall–Kier alpha value is -2.80. The van der Waals surface area contributed by atoms with Gasteiger partial charge in [-0.15, -0.1) is 0 Å². The molecule has 0 spiro atoms. The number of hydrogen-bond acceptors (Lipinski definition) is 4. The molecule has 0 atom stereocenters. The highest BCUT2D eigenvalue weighted by Crippen LogP contribution is 2.27. The van der Waals surface area contributed by atoms with Crippen LogP contribution in [0.15, 0.2) is 42.5 Å². The van der Waals surface area contributed by atoms with E-state index in [1.807, 2.05) is 30.3 Å². The first-order valence-electron chi connectivity index (χ1n) is 14.1. The molecule has 0 aromatic heterocycles. The van der Waals surface area contributed by atoms with Gasteiger partial charge in [-0.05, 0) is 48.7 Å². The smallest absolute Gasteiger partial charge is 0.338 e. The van der Waals surface area contributed by atoms with Crippen molar-refractivity contribution >= 4 is 5.97 Å². The van der Waals surface area contributed by atoms with E-state index in [1.54, 1.807) is 19.1 Å². The van der Waals surface area contributed by atoms with Gasteiger partial charge in [-0.1, -0.05) is 109 Å². The van der Waals surface area contributed by atoms with E-state index in [0.717, 1.165) is 17.5 Å². The van der Waals surface area contributed by atoms with E-state index in [9.17, 15) is 10.1 Å². The van der Waals surface area contributed by atoms with Crippen molar-refractivity contribution in [1.29, 1.82) is 5.26 Å². The zero-order valence-electron chi connectivity index (χ0n) is 22.5. The normalized spacial score (nSPS) is 10.7. The second-order valence-corrected chi connectivity index (χ2v) is 9.57. The van der Waals surface area contributed by atoms with E-state index in [0.29, 0.717) is 30.1 Å². The van der Waals surface area contributed by atoms with Crippen molar-refractivity contribution in [2.45, 2.75) is 104 Å². The molecule has 0 bridgehead atoms. The number of carbonyl (C=O) groups is 1. The van der Waals surface area contributed by atoms with Gasteiger partial charge in [0.15, 0.2) is 0 Å². The number of benzene rings is 2. The van der Waals surface area contributed by atoms with Crippen LogP contribution < -0.4 is 4.74 Å². The number of carbonyl (C=O) groups excluding carboxylic acids is 1. The van der Waals surface area contributed by atoms with Gasteiger partial charge in [0.1, 0.15) is 11.8 Å². The molecule has 2 aromatic rings. The number of ether oxygens (including phenoxy) is 2. The third kappa shape index (κ3) is 11.3. The van der Waals surface area contributed by atoms with Crippen molar-refractivity contribution in [2.75, 3.05) is 13.2 Å². The van der Waals surface area contributed by atoms with Crippen LogP contribution in [0.4, 0.5) is 0 Å². The molecule has 36 heavy (non-hydrogen) atoms. The third-order valence-electron chi connectivity index (χ3n) is 6.58. The molecule has 4 nitrogen and oxygen atoms in total. The van der Waals surface area contributed by atoms with Crippen molar-refractivity contribution in [3.05, 3.63) is 53.6 Å². The van der Waals surface area contributed by atoms with Crippen LogP contribution in [0.3, 0.4) is 0 Å². The van der Waals surface area contributed by atoms with E-state index in [4.69, 9.17) is 9.47 Å². The van der Waals surface area contributed by atoms with E-state index in [1.165, 1.54) is 83.5 Å². The topological polar surface area (TPSA) is 59.3 Å². The van der Waals surface area contributed by atoms with Crippen molar-refractivity contribution < 1.29 is 14.3 Å². The number of nitrogens with zero attached hydrogens (tertiary/aromatic N) is 1. The average Bonchev–Trinajstić information content (AvgIpc) is 2.91. The van der Waals surface area contributed by atoms with Crippen LogP contribution >= 0.6 is 0 Å². The Morgan fingerprint density at radius 2 is 1.25 bits per heavy atom. The molecule has 0 unspecified atom stereocenters. The van der Waals surface area contributed by atoms with Crippen molar-refractivity contribution in [1.82, 2.24) is 0 Å². The highest BCUT2D eigenvalue weighted by Gasteiger charge is 2.09. The van der Waals surface area contributed by atoms with E-state index in [-0.39, 0.29) is 5.97 Å². The summed E-state index contributed by atoms with van der Waals surface area (Å²) in [5, 5.41) is 9.60. The van der Waals surface area contributed by atoms with E-state index in [2.05, 4.69) is 13.0 Å². The molecule has 0 aliphatic heterocycles. The fraction of sp³-hybridized carbons (Fsp3) is 0.562. The van der Waals surface area contributed by atoms with Crippen molar-refractivity contribution in [3.63, 3.8) is 0 Å². The van der Waals surface area contributed by atoms with Crippen LogP contribution in [0.1, 0.15) is 120 Å². The minimum Gasteiger partial charge on any atom is -0.492 e. The Kier molecular flexibility index (Phi) is 15.1. The summed E-state index contributed by atoms with van der Waals surface area (Å²) in [6, 6.07) is 15.2. The van der Waals surface area contributed by atoms with Gasteiger partial charge in [0, 0.05) is 0 Å². The number of rotatable bonds is 19. The lowest BCUT2D eigenvalue weighted by Crippen LogP contribution is -2.04. The molecule has 0 radical (unpaired) electrons. The van der Waals surface area contributed by atoms with Crippen LogP contribution in [-0.2, 0) is 4.74 Å². The lowest BCUT2D eigenvalue weighted by Gasteiger charge is -2.10. The SMILES string of the molecule is CCCCCCCCCCCCCCCCOc1ccc(-c2ccc(C(=O)OCC)cc2)cc1C#N. The van der Waals surface area contributed by atoms with Gasteiger partial charge >= 0.3 is 5.97 Å². The van der Waals surface area contributed by atoms with Crippen LogP contribution in [0.5, 0.6) is 5.75 Å². The summed E-state index contributed by atoms with van der Waals surface area (Å²) in [6.07, 6.45) is 18.6. The summed E-state index contributed by atoms with van der Waals surface area (Å²) in [6.45, 7) is 5.06. The summed E-state index contributed by atoms with van der Waals surface area (Å²) >= 11 is 0. The molecule has 0 heterocycles. The van der Waals surface area contributed by atoms with Crippen molar-refractivity contribution in [3.8, 4) is 22.9 Å². The Morgan fingerprint density at radius 3 is 1.78 bits per heavy atom. The van der Waals surface area contributed by atoms with Gasteiger partial charge in [0.2, 0.25) is 0 Å². The summed E-state index contributed by atoms with van der Waals surface area (Å²) in [5.41, 5.74) is 2.92. The first-order valence-corrected chi connectivity index (χ1v) is 14.1. The second kappa shape index (κ2) is 18.5. The Balaban J connectivity index is 1.61. The average molecular weight is 492 g/mol. The molecular formula is C32H45NO3. The fourth-order valence-electron chi connectivity index (χ4n) is 4.41. The molecular weight excluding hydrogens is 446 g/mol.